The van der Waals surface area contributed by atoms with Gasteiger partial charge in [-0.1, -0.05) is 37.3 Å². The molecule has 0 bridgehead atoms. The van der Waals surface area contributed by atoms with Crippen LogP contribution < -0.4 is 5.32 Å². The van der Waals surface area contributed by atoms with Gasteiger partial charge in [0.2, 0.25) is 0 Å². The van der Waals surface area contributed by atoms with Gasteiger partial charge >= 0.3 is 6.03 Å². The Bertz CT molecular complexity index is 642. The number of nitrogens with zero attached hydrogens (tertiary/aromatic N) is 2. The first-order valence-electron chi connectivity index (χ1n) is 10.4. The van der Waals surface area contributed by atoms with Gasteiger partial charge in [-0.3, -0.25) is 4.90 Å². The number of nitrogens with one attached hydrogen (secondary N) is 1. The molecular weight excluding hydrogens is 338 g/mol. The van der Waals surface area contributed by atoms with Crippen molar-refractivity contribution >= 4 is 6.03 Å². The first-order chi connectivity index (χ1) is 13.1. The number of likely N-dealkylation sites (tertiary alicyclic amines) is 2. The topological polar surface area (TPSA) is 44.8 Å². The van der Waals surface area contributed by atoms with E-state index in [2.05, 4.69) is 52.4 Å². The summed E-state index contributed by atoms with van der Waals surface area (Å²) in [6, 6.07) is 10.9. The van der Waals surface area contributed by atoms with Gasteiger partial charge in [0.25, 0.3) is 0 Å². The van der Waals surface area contributed by atoms with E-state index in [4.69, 9.17) is 4.74 Å². The third-order valence-electron chi connectivity index (χ3n) is 6.51. The first kappa shape index (κ1) is 18.8. The summed E-state index contributed by atoms with van der Waals surface area (Å²) < 4.78 is 5.30. The second-order valence-electron chi connectivity index (χ2n) is 9.29. The summed E-state index contributed by atoms with van der Waals surface area (Å²) in [5, 5.41) is 3.16. The predicted octanol–water partition coefficient (Wildman–Crippen LogP) is 3.11. The van der Waals surface area contributed by atoms with Gasteiger partial charge in [-0.2, -0.15) is 0 Å². The van der Waals surface area contributed by atoms with Crippen molar-refractivity contribution in [2.75, 3.05) is 45.9 Å². The molecule has 0 aliphatic carbocycles. The van der Waals surface area contributed by atoms with Crippen LogP contribution in [0, 0.1) is 10.8 Å². The number of carbonyl (C=O) groups excluding carboxylic acids is 1. The highest BCUT2D eigenvalue weighted by atomic mass is 16.5. The number of benzene rings is 1. The lowest BCUT2D eigenvalue weighted by atomic mass is 9.73. The van der Waals surface area contributed by atoms with E-state index in [0.717, 1.165) is 52.4 Å². The van der Waals surface area contributed by atoms with Gasteiger partial charge in [0.05, 0.1) is 13.2 Å². The molecule has 148 valence electrons. The molecule has 4 rings (SSSR count). The molecule has 3 aliphatic heterocycles. The molecule has 1 aromatic rings. The molecule has 27 heavy (non-hydrogen) atoms. The number of rotatable bonds is 4. The molecule has 5 nitrogen and oxygen atoms in total. The van der Waals surface area contributed by atoms with Crippen molar-refractivity contribution in [1.82, 2.24) is 15.1 Å². The van der Waals surface area contributed by atoms with E-state index >= 15 is 0 Å². The molecule has 2 amide bonds. The van der Waals surface area contributed by atoms with Gasteiger partial charge in [0, 0.05) is 43.6 Å². The largest absolute Gasteiger partial charge is 0.380 e. The minimum atomic E-state index is 0.113. The van der Waals surface area contributed by atoms with Gasteiger partial charge in [-0.15, -0.1) is 0 Å². The predicted molar refractivity (Wildman–Crippen MR) is 107 cm³/mol. The molecule has 1 aromatic carbocycles. The molecular formula is C22H33N3O2. The molecule has 3 saturated heterocycles. The van der Waals surface area contributed by atoms with Crippen LogP contribution in [0.1, 0.15) is 38.2 Å². The van der Waals surface area contributed by atoms with Gasteiger partial charge in [0.1, 0.15) is 0 Å². The molecule has 0 unspecified atom stereocenters. The van der Waals surface area contributed by atoms with Gasteiger partial charge < -0.3 is 15.0 Å². The van der Waals surface area contributed by atoms with Crippen LogP contribution in [0.25, 0.3) is 0 Å². The highest BCUT2D eigenvalue weighted by Crippen LogP contribution is 2.39. The zero-order chi connectivity index (χ0) is 18.7. The van der Waals surface area contributed by atoms with Crippen LogP contribution in [0.5, 0.6) is 0 Å². The summed E-state index contributed by atoms with van der Waals surface area (Å²) in [6.45, 7) is 9.49. The Morgan fingerprint density at radius 3 is 2.56 bits per heavy atom. The number of piperidine rings is 2. The number of amides is 2. The van der Waals surface area contributed by atoms with Crippen LogP contribution in [0.15, 0.2) is 30.3 Å². The highest BCUT2D eigenvalue weighted by molar-refractivity contribution is 5.74. The maximum atomic E-state index is 12.7. The molecule has 0 radical (unpaired) electrons. The molecule has 1 spiro atoms. The van der Waals surface area contributed by atoms with Gasteiger partial charge in [-0.25, -0.2) is 4.79 Å². The minimum absolute atomic E-state index is 0.113. The average Bonchev–Trinajstić information content (AvgIpc) is 2.65. The number of hydrogen-bond acceptors (Lipinski definition) is 3. The molecule has 5 heteroatoms. The van der Waals surface area contributed by atoms with E-state index < -0.39 is 0 Å². The van der Waals surface area contributed by atoms with Gasteiger partial charge in [0.15, 0.2) is 0 Å². The standard InChI is InChI=1S/C22H33N3O2/c1-21(17-27-18-21)14-23-20(26)25-12-6-10-22(16-25)9-5-11-24(15-22)13-19-7-3-2-4-8-19/h2-4,7-8H,5-6,9-18H2,1H3,(H,23,26)/t22-/m0/s1. The number of hydrogen-bond donors (Lipinski definition) is 1. The SMILES string of the molecule is CC1(CNC(=O)N2CCC[C@]3(CCCN(Cc4ccccc4)C3)C2)COC1. The zero-order valence-corrected chi connectivity index (χ0v) is 16.6. The fourth-order valence-electron chi connectivity index (χ4n) is 4.95. The highest BCUT2D eigenvalue weighted by Gasteiger charge is 2.41. The summed E-state index contributed by atoms with van der Waals surface area (Å²) in [4.78, 5) is 17.4. The first-order valence-corrected chi connectivity index (χ1v) is 10.4. The minimum Gasteiger partial charge on any atom is -0.380 e. The third kappa shape index (κ3) is 4.46. The molecule has 1 atom stereocenters. The number of urea groups is 1. The van der Waals surface area contributed by atoms with E-state index in [1.165, 1.54) is 31.4 Å². The fraction of sp³-hybridized carbons (Fsp3) is 0.682. The maximum Gasteiger partial charge on any atom is 0.317 e. The number of carbonyl (C=O) groups is 1. The van der Waals surface area contributed by atoms with Gasteiger partial charge in [-0.05, 0) is 37.8 Å². The van der Waals surface area contributed by atoms with E-state index in [1.54, 1.807) is 0 Å². The Morgan fingerprint density at radius 1 is 1.11 bits per heavy atom. The quantitative estimate of drug-likeness (QED) is 0.884. The van der Waals surface area contributed by atoms with Crippen LogP contribution in [0.4, 0.5) is 4.79 Å². The van der Waals surface area contributed by atoms with Crippen molar-refractivity contribution in [3.05, 3.63) is 35.9 Å². The van der Waals surface area contributed by atoms with Crippen LogP contribution in [0.2, 0.25) is 0 Å². The normalized spacial score (nSPS) is 28.0. The molecule has 1 N–H and O–H groups in total. The van der Waals surface area contributed by atoms with E-state index in [-0.39, 0.29) is 16.9 Å². The monoisotopic (exact) mass is 371 g/mol. The zero-order valence-electron chi connectivity index (χ0n) is 16.6. The summed E-state index contributed by atoms with van der Waals surface area (Å²) in [5.74, 6) is 0. The lowest BCUT2D eigenvalue weighted by Crippen LogP contribution is -2.57. The summed E-state index contributed by atoms with van der Waals surface area (Å²) >= 11 is 0. The molecule has 3 fully saturated rings. The van der Waals surface area contributed by atoms with Crippen molar-refractivity contribution in [2.24, 2.45) is 10.8 Å². The van der Waals surface area contributed by atoms with Crippen molar-refractivity contribution in [2.45, 2.75) is 39.2 Å². The summed E-state index contributed by atoms with van der Waals surface area (Å²) in [6.07, 6.45) is 4.84. The lowest BCUT2D eigenvalue weighted by Gasteiger charge is -2.48. The van der Waals surface area contributed by atoms with Crippen molar-refractivity contribution < 1.29 is 9.53 Å². The average molecular weight is 372 g/mol. The molecule has 0 aromatic heterocycles. The third-order valence-corrected chi connectivity index (χ3v) is 6.51. The van der Waals surface area contributed by atoms with E-state index in [1.807, 2.05) is 0 Å². The van der Waals surface area contributed by atoms with Crippen LogP contribution in [0.3, 0.4) is 0 Å². The molecule has 0 saturated carbocycles. The second-order valence-corrected chi connectivity index (χ2v) is 9.29. The van der Waals surface area contributed by atoms with Crippen LogP contribution in [-0.2, 0) is 11.3 Å². The van der Waals surface area contributed by atoms with E-state index in [0.29, 0.717) is 0 Å². The summed E-state index contributed by atoms with van der Waals surface area (Å²) in [7, 11) is 0. The Kier molecular flexibility index (Phi) is 5.42. The Morgan fingerprint density at radius 2 is 1.85 bits per heavy atom. The number of ether oxygens (including phenoxy) is 1. The van der Waals surface area contributed by atoms with Crippen LogP contribution >= 0.6 is 0 Å². The Balaban J connectivity index is 1.33. The van der Waals surface area contributed by atoms with Crippen LogP contribution in [-0.4, -0.2) is 61.8 Å². The van der Waals surface area contributed by atoms with Crippen molar-refractivity contribution in [3.63, 3.8) is 0 Å². The van der Waals surface area contributed by atoms with E-state index in [9.17, 15) is 4.79 Å². The fourth-order valence-corrected chi connectivity index (χ4v) is 4.95. The lowest BCUT2D eigenvalue weighted by molar-refractivity contribution is -0.0980. The van der Waals surface area contributed by atoms with Crippen molar-refractivity contribution in [3.8, 4) is 0 Å². The Hall–Kier alpha value is -1.59. The smallest absolute Gasteiger partial charge is 0.317 e. The molecule has 3 heterocycles. The summed E-state index contributed by atoms with van der Waals surface area (Å²) in [5.41, 5.74) is 1.78. The maximum absolute atomic E-state index is 12.7. The Labute approximate surface area is 163 Å². The second kappa shape index (κ2) is 7.80. The molecule has 3 aliphatic rings. The van der Waals surface area contributed by atoms with Crippen molar-refractivity contribution in [1.29, 1.82) is 0 Å².